The Morgan fingerprint density at radius 2 is 2.45 bits per heavy atom. The summed E-state index contributed by atoms with van der Waals surface area (Å²) in [5.41, 5.74) is 0.748. The summed E-state index contributed by atoms with van der Waals surface area (Å²) in [7, 11) is 0. The molecule has 0 bridgehead atoms. The molecule has 2 rings (SSSR count). The Hall–Kier alpha value is -1.25. The van der Waals surface area contributed by atoms with Crippen LogP contribution in [0, 0.1) is 0 Å². The fourth-order valence-corrected chi connectivity index (χ4v) is 1.35. The second-order valence-electron chi connectivity index (χ2n) is 2.61. The number of nitrogens with zero attached hydrogens (tertiary/aromatic N) is 1. The first-order valence-electron chi connectivity index (χ1n) is 3.62. The molecule has 1 aliphatic heterocycles. The van der Waals surface area contributed by atoms with E-state index in [2.05, 4.69) is 0 Å². The maximum atomic E-state index is 11.0. The van der Waals surface area contributed by atoms with Gasteiger partial charge in [-0.15, -0.1) is 0 Å². The normalized spacial score (nSPS) is 14.3. The average molecular weight is 151 g/mol. The van der Waals surface area contributed by atoms with E-state index in [0.717, 1.165) is 18.1 Å². The van der Waals surface area contributed by atoms with E-state index in [9.17, 15) is 4.79 Å². The van der Waals surface area contributed by atoms with Crippen molar-refractivity contribution in [2.24, 2.45) is 0 Å². The van der Waals surface area contributed by atoms with E-state index in [1.165, 1.54) is 0 Å². The number of fused-ring (bicyclic) bond motifs is 1. The molecule has 0 saturated carbocycles. The smallest absolute Gasteiger partial charge is 0.194 e. The third-order valence-corrected chi connectivity index (χ3v) is 1.87. The Morgan fingerprint density at radius 3 is 3.18 bits per heavy atom. The second kappa shape index (κ2) is 2.12. The first-order chi connectivity index (χ1) is 5.29. The predicted molar refractivity (Wildman–Crippen MR) is 39.9 cm³/mol. The van der Waals surface area contributed by atoms with Crippen LogP contribution in [-0.2, 0) is 6.54 Å². The quantitative estimate of drug-likeness (QED) is 0.562. The number of hydrogen-bond donors (Lipinski definition) is 0. The van der Waals surface area contributed by atoms with Crippen molar-refractivity contribution < 1.29 is 9.53 Å². The number of hydrogen-bond acceptors (Lipinski definition) is 2. The van der Waals surface area contributed by atoms with Gasteiger partial charge in [0, 0.05) is 13.0 Å². The Morgan fingerprint density at radius 1 is 1.64 bits per heavy atom. The minimum absolute atomic E-state index is 0.0988. The van der Waals surface area contributed by atoms with Gasteiger partial charge in [-0.2, -0.15) is 0 Å². The van der Waals surface area contributed by atoms with Crippen LogP contribution in [0.15, 0.2) is 12.1 Å². The lowest BCUT2D eigenvalue weighted by molar-refractivity contribution is 0.100. The summed E-state index contributed by atoms with van der Waals surface area (Å²) in [6.45, 7) is 3.06. The van der Waals surface area contributed by atoms with Crippen molar-refractivity contribution >= 4 is 5.78 Å². The third-order valence-electron chi connectivity index (χ3n) is 1.87. The molecule has 2 heterocycles. The molecular formula is C8H9NO2. The van der Waals surface area contributed by atoms with Crippen LogP contribution in [0.25, 0.3) is 0 Å². The molecule has 0 saturated heterocycles. The molecule has 0 N–H and O–H groups in total. The van der Waals surface area contributed by atoms with Gasteiger partial charge < -0.3 is 9.30 Å². The molecule has 0 spiro atoms. The average Bonchev–Trinajstić information content (AvgIpc) is 2.41. The molecule has 3 nitrogen and oxygen atoms in total. The van der Waals surface area contributed by atoms with Gasteiger partial charge in [-0.25, -0.2) is 0 Å². The van der Waals surface area contributed by atoms with Crippen LogP contribution in [0.5, 0.6) is 5.88 Å². The first kappa shape index (κ1) is 6.46. The lowest BCUT2D eigenvalue weighted by atomic mass is 10.3. The molecule has 0 fully saturated rings. The molecule has 3 heteroatoms. The van der Waals surface area contributed by atoms with E-state index in [-0.39, 0.29) is 5.78 Å². The summed E-state index contributed by atoms with van der Waals surface area (Å²) in [4.78, 5) is 11.0. The lowest BCUT2D eigenvalue weighted by Crippen LogP contribution is -2.03. The summed E-state index contributed by atoms with van der Waals surface area (Å²) in [5, 5.41) is 0. The van der Waals surface area contributed by atoms with Gasteiger partial charge in [-0.05, 0) is 6.07 Å². The van der Waals surface area contributed by atoms with Crippen LogP contribution in [0.2, 0.25) is 0 Å². The minimum Gasteiger partial charge on any atom is -0.477 e. The standard InChI is InChI=1S/C8H9NO2/c1-6(10)7-2-3-8-9(7)4-5-11-8/h2-3H,4-5H2,1H3. The third kappa shape index (κ3) is 0.843. The molecule has 0 unspecified atom stereocenters. The highest BCUT2D eigenvalue weighted by molar-refractivity contribution is 5.93. The van der Waals surface area contributed by atoms with Crippen LogP contribution >= 0.6 is 0 Å². The van der Waals surface area contributed by atoms with Gasteiger partial charge in [0.1, 0.15) is 6.61 Å². The molecule has 1 aromatic heterocycles. The molecular weight excluding hydrogens is 142 g/mol. The molecule has 1 aromatic rings. The summed E-state index contributed by atoms with van der Waals surface area (Å²) in [6.07, 6.45) is 0. The summed E-state index contributed by atoms with van der Waals surface area (Å²) in [6, 6.07) is 3.64. The van der Waals surface area contributed by atoms with Crippen molar-refractivity contribution in [3.8, 4) is 5.88 Å². The molecule has 0 amide bonds. The molecule has 0 atom stereocenters. The molecule has 1 aliphatic rings. The van der Waals surface area contributed by atoms with Gasteiger partial charge in [0.25, 0.3) is 0 Å². The van der Waals surface area contributed by atoms with Crippen LogP contribution in [-0.4, -0.2) is 17.0 Å². The molecule has 58 valence electrons. The van der Waals surface area contributed by atoms with E-state index in [1.54, 1.807) is 13.0 Å². The van der Waals surface area contributed by atoms with E-state index < -0.39 is 0 Å². The Kier molecular flexibility index (Phi) is 1.24. The van der Waals surface area contributed by atoms with Crippen molar-refractivity contribution in [3.05, 3.63) is 17.8 Å². The molecule has 0 aromatic carbocycles. The van der Waals surface area contributed by atoms with Crippen LogP contribution in [0.3, 0.4) is 0 Å². The fraction of sp³-hybridized carbons (Fsp3) is 0.375. The van der Waals surface area contributed by atoms with Crippen LogP contribution in [0.4, 0.5) is 0 Å². The Labute approximate surface area is 64.6 Å². The van der Waals surface area contributed by atoms with Crippen molar-refractivity contribution in [1.82, 2.24) is 4.57 Å². The number of rotatable bonds is 1. The highest BCUT2D eigenvalue weighted by atomic mass is 16.5. The zero-order valence-corrected chi connectivity index (χ0v) is 6.33. The van der Waals surface area contributed by atoms with Gasteiger partial charge in [0.05, 0.1) is 12.2 Å². The lowest BCUT2D eigenvalue weighted by Gasteiger charge is -1.97. The Balaban J connectivity index is 2.50. The van der Waals surface area contributed by atoms with Gasteiger partial charge >= 0.3 is 0 Å². The molecule has 0 aliphatic carbocycles. The first-order valence-corrected chi connectivity index (χ1v) is 3.62. The fourth-order valence-electron chi connectivity index (χ4n) is 1.35. The topological polar surface area (TPSA) is 31.2 Å². The van der Waals surface area contributed by atoms with Crippen LogP contribution < -0.4 is 4.74 Å². The summed E-state index contributed by atoms with van der Waals surface area (Å²) >= 11 is 0. The van der Waals surface area contributed by atoms with Gasteiger partial charge in [0.15, 0.2) is 11.7 Å². The summed E-state index contributed by atoms with van der Waals surface area (Å²) in [5.74, 6) is 0.914. The largest absolute Gasteiger partial charge is 0.477 e. The number of ether oxygens (including phenoxy) is 1. The van der Waals surface area contributed by atoms with Crippen molar-refractivity contribution in [1.29, 1.82) is 0 Å². The number of carbonyl (C=O) groups is 1. The van der Waals surface area contributed by atoms with Gasteiger partial charge in [0.2, 0.25) is 0 Å². The number of aromatic nitrogens is 1. The van der Waals surface area contributed by atoms with Crippen LogP contribution in [0.1, 0.15) is 17.4 Å². The number of carbonyl (C=O) groups excluding carboxylic acids is 1. The zero-order valence-electron chi connectivity index (χ0n) is 6.33. The zero-order chi connectivity index (χ0) is 7.84. The van der Waals surface area contributed by atoms with E-state index >= 15 is 0 Å². The molecule has 0 radical (unpaired) electrons. The van der Waals surface area contributed by atoms with Gasteiger partial charge in [-0.1, -0.05) is 0 Å². The van der Waals surface area contributed by atoms with E-state index in [4.69, 9.17) is 4.74 Å². The Bertz CT molecular complexity index is 301. The van der Waals surface area contributed by atoms with Crippen molar-refractivity contribution in [2.75, 3.05) is 6.61 Å². The van der Waals surface area contributed by atoms with E-state index in [1.807, 2.05) is 10.6 Å². The number of Topliss-reactive ketones (excluding diaryl/α,β-unsaturated/α-hetero) is 1. The monoisotopic (exact) mass is 151 g/mol. The predicted octanol–water partition coefficient (Wildman–Crippen LogP) is 1.08. The maximum absolute atomic E-state index is 11.0. The highest BCUT2D eigenvalue weighted by Gasteiger charge is 2.16. The molecule has 11 heavy (non-hydrogen) atoms. The maximum Gasteiger partial charge on any atom is 0.194 e. The summed E-state index contributed by atoms with van der Waals surface area (Å²) < 4.78 is 7.15. The SMILES string of the molecule is CC(=O)c1ccc2n1CCO2. The number of ketones is 1. The minimum atomic E-state index is 0.0988. The van der Waals surface area contributed by atoms with Gasteiger partial charge in [-0.3, -0.25) is 4.79 Å². The second-order valence-corrected chi connectivity index (χ2v) is 2.61. The highest BCUT2D eigenvalue weighted by Crippen LogP contribution is 2.21. The van der Waals surface area contributed by atoms with Crippen molar-refractivity contribution in [2.45, 2.75) is 13.5 Å². The van der Waals surface area contributed by atoms with Crippen molar-refractivity contribution in [3.63, 3.8) is 0 Å². The van der Waals surface area contributed by atoms with E-state index in [0.29, 0.717) is 6.61 Å².